The predicted octanol–water partition coefficient (Wildman–Crippen LogP) is 1.03. The number of methoxy groups -OCH3 is 1. The summed E-state index contributed by atoms with van der Waals surface area (Å²) in [5, 5.41) is 10.4. The van der Waals surface area contributed by atoms with Crippen LogP contribution in [-0.4, -0.2) is 18.8 Å². The van der Waals surface area contributed by atoms with E-state index in [1.54, 1.807) is 7.11 Å². The molecule has 2 atom stereocenters. The largest absolute Gasteiger partial charge is 0.497 e. The molecule has 15 heavy (non-hydrogen) atoms. The molecule has 0 heterocycles. The molecule has 0 fully saturated rings. The van der Waals surface area contributed by atoms with Crippen molar-refractivity contribution in [1.82, 2.24) is 0 Å². The van der Waals surface area contributed by atoms with Crippen LogP contribution in [0.5, 0.6) is 5.75 Å². The van der Waals surface area contributed by atoms with Crippen molar-refractivity contribution >= 4 is 0 Å². The third kappa shape index (κ3) is 1.43. The van der Waals surface area contributed by atoms with Crippen molar-refractivity contribution in [3.63, 3.8) is 0 Å². The van der Waals surface area contributed by atoms with Crippen LogP contribution in [0.25, 0.3) is 0 Å². The molecule has 3 nitrogen and oxygen atoms in total. The number of ether oxygens (including phenoxy) is 1. The van der Waals surface area contributed by atoms with Crippen LogP contribution in [0, 0.1) is 5.92 Å². The molecule has 2 unspecified atom stereocenters. The van der Waals surface area contributed by atoms with Crippen LogP contribution >= 0.6 is 0 Å². The quantitative estimate of drug-likeness (QED) is 0.761. The molecule has 2 rings (SSSR count). The Labute approximate surface area is 89.9 Å². The van der Waals surface area contributed by atoms with Gasteiger partial charge < -0.3 is 15.6 Å². The van der Waals surface area contributed by atoms with Gasteiger partial charge in [0.1, 0.15) is 11.4 Å². The third-order valence-electron chi connectivity index (χ3n) is 3.43. The Bertz CT molecular complexity index is 378. The summed E-state index contributed by atoms with van der Waals surface area (Å²) in [4.78, 5) is 0. The molecular weight excluding hydrogens is 190 g/mol. The molecule has 0 aliphatic heterocycles. The van der Waals surface area contributed by atoms with E-state index in [-0.39, 0.29) is 12.5 Å². The van der Waals surface area contributed by atoms with Gasteiger partial charge in [-0.2, -0.15) is 0 Å². The van der Waals surface area contributed by atoms with Gasteiger partial charge in [-0.15, -0.1) is 0 Å². The van der Waals surface area contributed by atoms with E-state index < -0.39 is 5.60 Å². The topological polar surface area (TPSA) is 55.5 Å². The first kappa shape index (κ1) is 10.5. The summed E-state index contributed by atoms with van der Waals surface area (Å²) in [7, 11) is 1.65. The maximum absolute atomic E-state index is 10.4. The lowest BCUT2D eigenvalue weighted by Crippen LogP contribution is -2.38. The van der Waals surface area contributed by atoms with Crippen molar-refractivity contribution in [1.29, 1.82) is 0 Å². The Morgan fingerprint density at radius 2 is 2.33 bits per heavy atom. The standard InChI is InChI=1S/C12H17NO2/c1-8-5-9-6-10(15-2)3-4-11(9)12(8,14)7-13/h3-4,6,8,14H,5,7,13H2,1-2H3. The average Bonchev–Trinajstić information content (AvgIpc) is 2.51. The maximum atomic E-state index is 10.4. The van der Waals surface area contributed by atoms with Crippen LogP contribution < -0.4 is 10.5 Å². The van der Waals surface area contributed by atoms with E-state index >= 15 is 0 Å². The summed E-state index contributed by atoms with van der Waals surface area (Å²) in [6.07, 6.45) is 0.861. The zero-order chi connectivity index (χ0) is 11.1. The Balaban J connectivity index is 2.48. The molecule has 0 bridgehead atoms. The molecule has 1 aromatic rings. The van der Waals surface area contributed by atoms with Crippen LogP contribution in [0.15, 0.2) is 18.2 Å². The monoisotopic (exact) mass is 207 g/mol. The van der Waals surface area contributed by atoms with E-state index in [0.717, 1.165) is 23.3 Å². The van der Waals surface area contributed by atoms with Crippen molar-refractivity contribution in [3.8, 4) is 5.75 Å². The molecule has 1 aromatic carbocycles. The lowest BCUT2D eigenvalue weighted by Gasteiger charge is -2.27. The van der Waals surface area contributed by atoms with E-state index in [9.17, 15) is 5.11 Å². The van der Waals surface area contributed by atoms with Gasteiger partial charge in [-0.05, 0) is 35.6 Å². The van der Waals surface area contributed by atoms with Crippen molar-refractivity contribution in [2.24, 2.45) is 11.7 Å². The molecule has 0 saturated heterocycles. The van der Waals surface area contributed by atoms with Crippen molar-refractivity contribution < 1.29 is 9.84 Å². The molecule has 1 aliphatic carbocycles. The molecule has 0 saturated carbocycles. The summed E-state index contributed by atoms with van der Waals surface area (Å²) in [5.74, 6) is 1.01. The summed E-state index contributed by atoms with van der Waals surface area (Å²) in [5.41, 5.74) is 6.91. The number of aliphatic hydroxyl groups is 1. The first-order chi connectivity index (χ1) is 7.11. The number of nitrogens with two attached hydrogens (primary N) is 1. The molecule has 0 aromatic heterocycles. The maximum Gasteiger partial charge on any atom is 0.119 e. The van der Waals surface area contributed by atoms with Gasteiger partial charge in [0, 0.05) is 6.54 Å². The van der Waals surface area contributed by atoms with Gasteiger partial charge in [0.05, 0.1) is 7.11 Å². The zero-order valence-corrected chi connectivity index (χ0v) is 9.16. The molecule has 3 heteroatoms. The highest BCUT2D eigenvalue weighted by molar-refractivity contribution is 5.43. The second-order valence-electron chi connectivity index (χ2n) is 4.26. The van der Waals surface area contributed by atoms with Gasteiger partial charge in [0.2, 0.25) is 0 Å². The SMILES string of the molecule is COc1ccc2c(c1)CC(C)C2(O)CN. The number of fused-ring (bicyclic) bond motifs is 1. The molecule has 1 aliphatic rings. The summed E-state index contributed by atoms with van der Waals surface area (Å²) < 4.78 is 5.16. The fraction of sp³-hybridized carbons (Fsp3) is 0.500. The van der Waals surface area contributed by atoms with E-state index in [1.165, 1.54) is 0 Å². The van der Waals surface area contributed by atoms with Gasteiger partial charge in [-0.25, -0.2) is 0 Å². The van der Waals surface area contributed by atoms with Crippen molar-refractivity contribution in [2.75, 3.05) is 13.7 Å². The van der Waals surface area contributed by atoms with Gasteiger partial charge in [0.25, 0.3) is 0 Å². The highest BCUT2D eigenvalue weighted by atomic mass is 16.5. The second kappa shape index (κ2) is 3.51. The van der Waals surface area contributed by atoms with Gasteiger partial charge in [0.15, 0.2) is 0 Å². The fourth-order valence-electron chi connectivity index (χ4n) is 2.36. The molecule has 0 spiro atoms. The lowest BCUT2D eigenvalue weighted by molar-refractivity contribution is 0.00497. The molecular formula is C12H17NO2. The Morgan fingerprint density at radius 3 is 2.93 bits per heavy atom. The van der Waals surface area contributed by atoms with Crippen molar-refractivity contribution in [3.05, 3.63) is 29.3 Å². The Morgan fingerprint density at radius 1 is 1.60 bits per heavy atom. The van der Waals surface area contributed by atoms with Crippen LogP contribution in [0.3, 0.4) is 0 Å². The molecule has 82 valence electrons. The fourth-order valence-corrected chi connectivity index (χ4v) is 2.36. The molecule has 0 radical (unpaired) electrons. The van der Waals surface area contributed by atoms with Crippen LogP contribution in [0.4, 0.5) is 0 Å². The van der Waals surface area contributed by atoms with Crippen LogP contribution in [0.1, 0.15) is 18.1 Å². The third-order valence-corrected chi connectivity index (χ3v) is 3.43. The second-order valence-corrected chi connectivity index (χ2v) is 4.26. The van der Waals surface area contributed by atoms with Crippen LogP contribution in [-0.2, 0) is 12.0 Å². The van der Waals surface area contributed by atoms with E-state index in [1.807, 2.05) is 25.1 Å². The highest BCUT2D eigenvalue weighted by Gasteiger charge is 2.41. The Kier molecular flexibility index (Phi) is 2.44. The van der Waals surface area contributed by atoms with E-state index in [2.05, 4.69) is 0 Å². The number of rotatable bonds is 2. The first-order valence-corrected chi connectivity index (χ1v) is 5.21. The number of hydrogen-bond acceptors (Lipinski definition) is 3. The van der Waals surface area contributed by atoms with E-state index in [0.29, 0.717) is 0 Å². The smallest absolute Gasteiger partial charge is 0.119 e. The summed E-state index contributed by atoms with van der Waals surface area (Å²) in [6.45, 7) is 2.30. The number of benzene rings is 1. The van der Waals surface area contributed by atoms with E-state index in [4.69, 9.17) is 10.5 Å². The minimum absolute atomic E-state index is 0.171. The van der Waals surface area contributed by atoms with Gasteiger partial charge in [-0.1, -0.05) is 13.0 Å². The Hall–Kier alpha value is -1.06. The minimum Gasteiger partial charge on any atom is -0.497 e. The lowest BCUT2D eigenvalue weighted by atomic mass is 9.89. The highest BCUT2D eigenvalue weighted by Crippen LogP contribution is 2.41. The van der Waals surface area contributed by atoms with Crippen LogP contribution in [0.2, 0.25) is 0 Å². The van der Waals surface area contributed by atoms with Gasteiger partial charge in [-0.3, -0.25) is 0 Å². The predicted molar refractivity (Wildman–Crippen MR) is 58.8 cm³/mol. The van der Waals surface area contributed by atoms with Crippen molar-refractivity contribution in [2.45, 2.75) is 18.9 Å². The summed E-state index contributed by atoms with van der Waals surface area (Å²) >= 11 is 0. The van der Waals surface area contributed by atoms with Gasteiger partial charge >= 0.3 is 0 Å². The normalized spacial score (nSPS) is 28.9. The summed E-state index contributed by atoms with van der Waals surface area (Å²) in [6, 6.07) is 5.78. The number of hydrogen-bond donors (Lipinski definition) is 2. The first-order valence-electron chi connectivity index (χ1n) is 5.21. The molecule has 3 N–H and O–H groups in total. The zero-order valence-electron chi connectivity index (χ0n) is 9.16. The minimum atomic E-state index is -0.860. The molecule has 0 amide bonds. The average molecular weight is 207 g/mol.